The van der Waals surface area contributed by atoms with Gasteiger partial charge in [-0.25, -0.2) is 9.13 Å². The number of rotatable bonds is 70. The molecule has 19 heteroatoms. The van der Waals surface area contributed by atoms with E-state index in [1.54, 1.807) is 0 Å². The average Bonchev–Trinajstić information content (AvgIpc) is 3.72. The van der Waals surface area contributed by atoms with Crippen molar-refractivity contribution in [2.24, 2.45) is 0 Å². The van der Waals surface area contributed by atoms with Crippen molar-refractivity contribution in [3.8, 4) is 0 Å². The number of esters is 4. The minimum Gasteiger partial charge on any atom is -0.462 e. The van der Waals surface area contributed by atoms with Gasteiger partial charge in [0, 0.05) is 25.7 Å². The van der Waals surface area contributed by atoms with Crippen LogP contribution in [-0.2, 0) is 65.4 Å². The summed E-state index contributed by atoms with van der Waals surface area (Å²) in [7, 11) is -9.91. The van der Waals surface area contributed by atoms with Crippen molar-refractivity contribution in [1.82, 2.24) is 0 Å². The summed E-state index contributed by atoms with van der Waals surface area (Å²) in [5.41, 5.74) is 0. The van der Waals surface area contributed by atoms with Crippen LogP contribution in [0.4, 0.5) is 0 Å². The number of phosphoric ester groups is 2. The SMILES string of the molecule is CCCCCC/C=C\C=C/CCCCCCCC(=O)O[C@H](COC(=O)CCCCCCCCCCCCCCCCC)COP(=O)(O)OC[C@@H](O)COP(=O)(O)OC[C@@H](COC(=O)CCCCCCCCCCCC)OC(=O)CCCCCCCCCCCC. The molecule has 0 amide bonds. The molecule has 0 fully saturated rings. The first-order chi connectivity index (χ1) is 43.7. The van der Waals surface area contributed by atoms with Crippen LogP contribution in [-0.4, -0.2) is 96.7 Å². The number of allylic oxidation sites excluding steroid dienone is 4. The van der Waals surface area contributed by atoms with Crippen LogP contribution < -0.4 is 0 Å². The Bertz CT molecular complexity index is 1820. The van der Waals surface area contributed by atoms with Crippen molar-refractivity contribution < 1.29 is 80.2 Å². The van der Waals surface area contributed by atoms with Crippen molar-refractivity contribution in [2.45, 2.75) is 367 Å². The molecule has 0 radical (unpaired) electrons. The molecule has 0 saturated carbocycles. The molecule has 0 bridgehead atoms. The van der Waals surface area contributed by atoms with E-state index in [4.69, 9.17) is 37.0 Å². The predicted octanol–water partition coefficient (Wildman–Crippen LogP) is 20.2. The fraction of sp³-hybridized carbons (Fsp3) is 0.887. The highest BCUT2D eigenvalue weighted by Crippen LogP contribution is 2.45. The van der Waals surface area contributed by atoms with E-state index in [1.165, 1.54) is 167 Å². The molecule has 3 N–H and O–H groups in total. The molecule has 530 valence electrons. The van der Waals surface area contributed by atoms with Gasteiger partial charge in [-0.05, 0) is 51.4 Å². The van der Waals surface area contributed by atoms with Crippen LogP contribution in [0.5, 0.6) is 0 Å². The fourth-order valence-electron chi connectivity index (χ4n) is 10.3. The number of carbonyl (C=O) groups is 4. The molecule has 0 aromatic rings. The van der Waals surface area contributed by atoms with Crippen LogP contribution in [0, 0.1) is 0 Å². The van der Waals surface area contributed by atoms with Gasteiger partial charge < -0.3 is 33.8 Å². The summed E-state index contributed by atoms with van der Waals surface area (Å²) < 4.78 is 68.2. The van der Waals surface area contributed by atoms with Gasteiger partial charge in [0.2, 0.25) is 0 Å². The minimum absolute atomic E-state index is 0.0859. The fourth-order valence-corrected chi connectivity index (χ4v) is 11.9. The number of aliphatic hydroxyl groups excluding tert-OH is 1. The molecule has 17 nitrogen and oxygen atoms in total. The lowest BCUT2D eigenvalue weighted by molar-refractivity contribution is -0.161. The molecule has 0 rings (SSSR count). The first-order valence-electron chi connectivity index (χ1n) is 36.6. The Labute approximate surface area is 548 Å². The Kier molecular flexibility index (Phi) is 63.4. The van der Waals surface area contributed by atoms with Gasteiger partial charge in [-0.3, -0.25) is 37.3 Å². The lowest BCUT2D eigenvalue weighted by Gasteiger charge is -2.21. The molecule has 2 unspecified atom stereocenters. The quantitative estimate of drug-likeness (QED) is 0.0169. The number of unbranched alkanes of at least 4 members (excludes halogenated alkanes) is 41. The third kappa shape index (κ3) is 64.3. The van der Waals surface area contributed by atoms with E-state index in [9.17, 15) is 43.2 Å². The van der Waals surface area contributed by atoms with E-state index in [2.05, 4.69) is 52.0 Å². The number of hydrogen-bond donors (Lipinski definition) is 3. The van der Waals surface area contributed by atoms with Crippen LogP contribution >= 0.6 is 15.6 Å². The van der Waals surface area contributed by atoms with E-state index < -0.39 is 97.5 Å². The summed E-state index contributed by atoms with van der Waals surface area (Å²) in [4.78, 5) is 72.5. The smallest absolute Gasteiger partial charge is 0.462 e. The summed E-state index contributed by atoms with van der Waals surface area (Å²) >= 11 is 0. The van der Waals surface area contributed by atoms with Crippen LogP contribution in [0.2, 0.25) is 0 Å². The van der Waals surface area contributed by atoms with Gasteiger partial charge in [-0.2, -0.15) is 0 Å². The third-order valence-electron chi connectivity index (χ3n) is 16.0. The second-order valence-corrected chi connectivity index (χ2v) is 27.8. The second-order valence-electron chi connectivity index (χ2n) is 24.9. The monoisotopic (exact) mass is 1320 g/mol. The van der Waals surface area contributed by atoms with Gasteiger partial charge in [-0.1, -0.05) is 296 Å². The molecule has 0 heterocycles. The van der Waals surface area contributed by atoms with E-state index in [-0.39, 0.29) is 25.7 Å². The summed E-state index contributed by atoms with van der Waals surface area (Å²) in [5, 5.41) is 10.6. The second kappa shape index (κ2) is 65.2. The molecule has 0 spiro atoms. The van der Waals surface area contributed by atoms with Gasteiger partial charge in [0.25, 0.3) is 0 Å². The maximum Gasteiger partial charge on any atom is 0.472 e. The van der Waals surface area contributed by atoms with Gasteiger partial charge in [0.1, 0.15) is 19.3 Å². The summed E-state index contributed by atoms with van der Waals surface area (Å²) in [6.45, 7) is 4.87. The molecular formula is C71H134O17P2. The molecular weight excluding hydrogens is 1190 g/mol. The standard InChI is InChI=1S/C71H134O17P2/c1-5-9-13-17-21-25-29-31-33-35-37-41-44-48-52-56-69(74)82-62-67(88-71(76)58-54-50-46-42-38-36-34-32-30-26-22-18-14-10-6-2)64-86-90(79,80)84-60-65(72)59-83-89(77,78)85-63-66(87-70(75)57-53-49-45-40-28-24-20-16-12-8-4)61-81-68(73)55-51-47-43-39-27-23-19-15-11-7-3/h26,30,32,34,65-67,72H,5-25,27-29,31,33,35-64H2,1-4H3,(H,77,78)(H,79,80)/b30-26-,34-32-/t65-,66+,67+/m0/s1. The molecule has 0 aliphatic carbocycles. The summed E-state index contributed by atoms with van der Waals surface area (Å²) in [6, 6.07) is 0. The van der Waals surface area contributed by atoms with Gasteiger partial charge >= 0.3 is 39.5 Å². The Hall–Kier alpha value is -2.46. The van der Waals surface area contributed by atoms with Crippen molar-refractivity contribution in [3.05, 3.63) is 24.3 Å². The largest absolute Gasteiger partial charge is 0.472 e. The maximum atomic E-state index is 13.0. The molecule has 0 aromatic carbocycles. The number of hydrogen-bond acceptors (Lipinski definition) is 15. The molecule has 0 aliphatic heterocycles. The lowest BCUT2D eigenvalue weighted by Crippen LogP contribution is -2.30. The number of ether oxygens (including phenoxy) is 4. The summed E-state index contributed by atoms with van der Waals surface area (Å²) in [6.07, 6.45) is 56.2. The highest BCUT2D eigenvalue weighted by atomic mass is 31.2. The van der Waals surface area contributed by atoms with E-state index >= 15 is 0 Å². The Morgan fingerprint density at radius 3 is 0.811 bits per heavy atom. The Morgan fingerprint density at radius 1 is 0.311 bits per heavy atom. The van der Waals surface area contributed by atoms with E-state index in [0.29, 0.717) is 25.7 Å². The predicted molar refractivity (Wildman–Crippen MR) is 363 cm³/mol. The van der Waals surface area contributed by atoms with Crippen molar-refractivity contribution in [1.29, 1.82) is 0 Å². The van der Waals surface area contributed by atoms with Crippen LogP contribution in [0.15, 0.2) is 24.3 Å². The molecule has 0 saturated heterocycles. The highest BCUT2D eigenvalue weighted by Gasteiger charge is 2.30. The van der Waals surface area contributed by atoms with Gasteiger partial charge in [-0.15, -0.1) is 0 Å². The zero-order valence-corrected chi connectivity index (χ0v) is 59.4. The maximum absolute atomic E-state index is 13.0. The number of phosphoric acid groups is 2. The van der Waals surface area contributed by atoms with Crippen molar-refractivity contribution >= 4 is 39.5 Å². The van der Waals surface area contributed by atoms with Gasteiger partial charge in [0.05, 0.1) is 26.4 Å². The first-order valence-corrected chi connectivity index (χ1v) is 39.6. The van der Waals surface area contributed by atoms with Crippen LogP contribution in [0.3, 0.4) is 0 Å². The van der Waals surface area contributed by atoms with Crippen molar-refractivity contribution in [2.75, 3.05) is 39.6 Å². The topological polar surface area (TPSA) is 237 Å². The molecule has 0 aromatic heterocycles. The highest BCUT2D eigenvalue weighted by molar-refractivity contribution is 7.47. The van der Waals surface area contributed by atoms with Crippen molar-refractivity contribution in [3.63, 3.8) is 0 Å². The van der Waals surface area contributed by atoms with E-state index in [0.717, 1.165) is 103 Å². The number of carbonyl (C=O) groups excluding carboxylic acids is 4. The zero-order chi connectivity index (χ0) is 66.1. The van der Waals surface area contributed by atoms with Crippen LogP contribution in [0.25, 0.3) is 0 Å². The van der Waals surface area contributed by atoms with E-state index in [1.807, 2.05) is 0 Å². The van der Waals surface area contributed by atoms with Crippen LogP contribution in [0.1, 0.15) is 349 Å². The molecule has 5 atom stereocenters. The lowest BCUT2D eigenvalue weighted by atomic mass is 10.0. The molecule has 0 aliphatic rings. The van der Waals surface area contributed by atoms with Gasteiger partial charge in [0.15, 0.2) is 12.2 Å². The third-order valence-corrected chi connectivity index (χ3v) is 17.9. The average molecular weight is 1320 g/mol. The Balaban J connectivity index is 5.27. The Morgan fingerprint density at radius 2 is 0.533 bits per heavy atom. The number of aliphatic hydroxyl groups is 1. The normalized spacial score (nSPS) is 14.2. The zero-order valence-electron chi connectivity index (χ0n) is 57.6. The first kappa shape index (κ1) is 87.5. The molecule has 90 heavy (non-hydrogen) atoms. The minimum atomic E-state index is -4.96. The summed E-state index contributed by atoms with van der Waals surface area (Å²) in [5.74, 6) is -2.15.